The highest BCUT2D eigenvalue weighted by Gasteiger charge is 2.36. The highest BCUT2D eigenvalue weighted by Crippen LogP contribution is 2.20. The molecule has 2 heterocycles. The molecule has 0 bridgehead atoms. The van der Waals surface area contributed by atoms with E-state index >= 15 is 0 Å². The topological polar surface area (TPSA) is 18.5 Å². The molecule has 92 valence electrons. The molecule has 0 atom stereocenters. The van der Waals surface area contributed by atoms with Crippen LogP contribution in [0.15, 0.2) is 30.3 Å². The van der Waals surface area contributed by atoms with Crippen LogP contribution < -0.4 is 5.32 Å². The quantitative estimate of drug-likeness (QED) is 0.826. The Morgan fingerprint density at radius 3 is 2.53 bits per heavy atom. The summed E-state index contributed by atoms with van der Waals surface area (Å²) in [6.45, 7) is 5.94. The Bertz CT molecular complexity index is 355. The lowest BCUT2D eigenvalue weighted by Gasteiger charge is -2.50. The smallest absolute Gasteiger partial charge is 0.0351 e. The average molecular weight is 231 g/mol. The zero-order chi connectivity index (χ0) is 11.7. The summed E-state index contributed by atoms with van der Waals surface area (Å²) >= 11 is 0. The summed E-state index contributed by atoms with van der Waals surface area (Å²) in [5, 5.41) is 3.34. The van der Waals surface area contributed by atoms with Crippen molar-refractivity contribution in [1.29, 1.82) is 0 Å². The first-order valence-electron chi connectivity index (χ1n) is 6.52. The van der Waals surface area contributed by atoms with Crippen molar-refractivity contribution in [2.24, 2.45) is 0 Å². The minimum Gasteiger partial charge on any atom is -0.314 e. The van der Waals surface area contributed by atoms with Gasteiger partial charge in [-0.15, -0.1) is 0 Å². The highest BCUT2D eigenvalue weighted by atomic mass is 15.3. The van der Waals surface area contributed by atoms with Crippen molar-refractivity contribution in [3.8, 4) is 0 Å². The van der Waals surface area contributed by atoms with E-state index in [1.54, 1.807) is 0 Å². The third-order valence-electron chi connectivity index (χ3n) is 4.06. The Labute approximate surface area is 103 Å². The van der Waals surface area contributed by atoms with Gasteiger partial charge in [0, 0.05) is 44.8 Å². The second-order valence-corrected chi connectivity index (χ2v) is 5.32. The summed E-state index contributed by atoms with van der Waals surface area (Å²) in [6, 6.07) is 12.3. The minimum atomic E-state index is 0.746. The molecule has 2 aliphatic rings. The molecule has 0 aromatic heterocycles. The lowest BCUT2D eigenvalue weighted by atomic mass is 10.0. The molecule has 3 heteroatoms. The molecule has 0 radical (unpaired) electrons. The molecule has 2 fully saturated rings. The molecule has 1 aromatic carbocycles. The first kappa shape index (κ1) is 11.2. The molecule has 3 nitrogen and oxygen atoms in total. The monoisotopic (exact) mass is 231 g/mol. The van der Waals surface area contributed by atoms with Crippen LogP contribution in [0.4, 0.5) is 0 Å². The molecule has 0 amide bonds. The summed E-state index contributed by atoms with van der Waals surface area (Å²) in [5.74, 6) is 0. The second kappa shape index (κ2) is 4.77. The van der Waals surface area contributed by atoms with Crippen molar-refractivity contribution in [3.63, 3.8) is 0 Å². The third kappa shape index (κ3) is 2.37. The van der Waals surface area contributed by atoms with Gasteiger partial charge in [0.05, 0.1) is 0 Å². The van der Waals surface area contributed by atoms with E-state index in [1.165, 1.54) is 31.7 Å². The van der Waals surface area contributed by atoms with Crippen molar-refractivity contribution >= 4 is 0 Å². The minimum absolute atomic E-state index is 0.746. The van der Waals surface area contributed by atoms with Crippen molar-refractivity contribution in [2.45, 2.75) is 18.6 Å². The van der Waals surface area contributed by atoms with Gasteiger partial charge in [0.2, 0.25) is 0 Å². The van der Waals surface area contributed by atoms with Gasteiger partial charge in [-0.05, 0) is 12.6 Å². The average Bonchev–Trinajstić information content (AvgIpc) is 2.21. The van der Waals surface area contributed by atoms with Gasteiger partial charge in [0.1, 0.15) is 0 Å². The number of nitrogens with zero attached hydrogens (tertiary/aromatic N) is 2. The zero-order valence-corrected chi connectivity index (χ0v) is 10.5. The summed E-state index contributed by atoms with van der Waals surface area (Å²) in [4.78, 5) is 5.08. The molecule has 0 spiro atoms. The largest absolute Gasteiger partial charge is 0.314 e. The van der Waals surface area contributed by atoms with E-state index in [2.05, 4.69) is 52.5 Å². The van der Waals surface area contributed by atoms with Gasteiger partial charge in [-0.3, -0.25) is 9.80 Å². The standard InChI is InChI=1S/C14H21N3/c1-16(9-12-5-3-2-4-6-12)14-10-17(11-14)13-7-15-8-13/h2-6,13-15H,7-11H2,1H3. The predicted molar refractivity (Wildman–Crippen MR) is 69.9 cm³/mol. The van der Waals surface area contributed by atoms with Crippen molar-refractivity contribution in [1.82, 2.24) is 15.1 Å². The SMILES string of the molecule is CN(Cc1ccccc1)C1CN(C2CNC2)C1. The van der Waals surface area contributed by atoms with Gasteiger partial charge in [-0.25, -0.2) is 0 Å². The van der Waals surface area contributed by atoms with Crippen LogP contribution in [-0.2, 0) is 6.54 Å². The van der Waals surface area contributed by atoms with Crippen LogP contribution in [0.2, 0.25) is 0 Å². The van der Waals surface area contributed by atoms with E-state index in [9.17, 15) is 0 Å². The van der Waals surface area contributed by atoms with Crippen LogP contribution in [0.1, 0.15) is 5.56 Å². The van der Waals surface area contributed by atoms with Gasteiger partial charge in [-0.2, -0.15) is 0 Å². The van der Waals surface area contributed by atoms with Gasteiger partial charge < -0.3 is 5.32 Å². The predicted octanol–water partition coefficient (Wildman–Crippen LogP) is 0.774. The van der Waals surface area contributed by atoms with Gasteiger partial charge in [0.25, 0.3) is 0 Å². The Kier molecular flexibility index (Phi) is 3.14. The third-order valence-corrected chi connectivity index (χ3v) is 4.06. The second-order valence-electron chi connectivity index (χ2n) is 5.32. The fraction of sp³-hybridized carbons (Fsp3) is 0.571. The molecule has 2 saturated heterocycles. The maximum absolute atomic E-state index is 3.34. The van der Waals surface area contributed by atoms with E-state index in [0.29, 0.717) is 0 Å². The molecule has 2 aliphatic heterocycles. The Morgan fingerprint density at radius 1 is 1.24 bits per heavy atom. The van der Waals surface area contributed by atoms with E-state index < -0.39 is 0 Å². The Balaban J connectivity index is 1.46. The van der Waals surface area contributed by atoms with E-state index in [0.717, 1.165) is 18.6 Å². The number of hydrogen-bond acceptors (Lipinski definition) is 3. The maximum atomic E-state index is 3.34. The van der Waals surface area contributed by atoms with Crippen LogP contribution in [0.3, 0.4) is 0 Å². The van der Waals surface area contributed by atoms with Gasteiger partial charge >= 0.3 is 0 Å². The van der Waals surface area contributed by atoms with E-state index in [-0.39, 0.29) is 0 Å². The fourth-order valence-corrected chi connectivity index (χ4v) is 2.60. The Hall–Kier alpha value is -0.900. The van der Waals surface area contributed by atoms with E-state index in [1.807, 2.05) is 0 Å². The van der Waals surface area contributed by atoms with Crippen molar-refractivity contribution in [2.75, 3.05) is 33.2 Å². The molecule has 3 rings (SSSR count). The fourth-order valence-electron chi connectivity index (χ4n) is 2.60. The maximum Gasteiger partial charge on any atom is 0.0351 e. The first-order chi connectivity index (χ1) is 8.33. The van der Waals surface area contributed by atoms with Crippen LogP contribution >= 0.6 is 0 Å². The molecule has 17 heavy (non-hydrogen) atoms. The summed E-state index contributed by atoms with van der Waals surface area (Å²) < 4.78 is 0. The molecule has 1 N–H and O–H groups in total. The molecule has 0 saturated carbocycles. The van der Waals surface area contributed by atoms with Crippen LogP contribution in [0.5, 0.6) is 0 Å². The highest BCUT2D eigenvalue weighted by molar-refractivity contribution is 5.14. The van der Waals surface area contributed by atoms with Crippen LogP contribution in [0.25, 0.3) is 0 Å². The molecular formula is C14H21N3. The summed E-state index contributed by atoms with van der Waals surface area (Å²) in [6.07, 6.45) is 0. The van der Waals surface area contributed by atoms with E-state index in [4.69, 9.17) is 0 Å². The summed E-state index contributed by atoms with van der Waals surface area (Å²) in [5.41, 5.74) is 1.42. The van der Waals surface area contributed by atoms with Crippen LogP contribution in [0, 0.1) is 0 Å². The Morgan fingerprint density at radius 2 is 1.94 bits per heavy atom. The van der Waals surface area contributed by atoms with Crippen LogP contribution in [-0.4, -0.2) is 55.1 Å². The molecular weight excluding hydrogens is 210 g/mol. The lowest BCUT2D eigenvalue weighted by molar-refractivity contribution is -0.00302. The number of likely N-dealkylation sites (N-methyl/N-ethyl adjacent to an activating group) is 1. The first-order valence-corrected chi connectivity index (χ1v) is 6.52. The normalized spacial score (nSPS) is 22.5. The van der Waals surface area contributed by atoms with Crippen molar-refractivity contribution in [3.05, 3.63) is 35.9 Å². The number of nitrogens with one attached hydrogen (secondary N) is 1. The number of hydrogen-bond donors (Lipinski definition) is 1. The summed E-state index contributed by atoms with van der Waals surface area (Å²) in [7, 11) is 2.24. The number of rotatable bonds is 4. The van der Waals surface area contributed by atoms with Gasteiger partial charge in [0.15, 0.2) is 0 Å². The number of likely N-dealkylation sites (tertiary alicyclic amines) is 1. The molecule has 0 aliphatic carbocycles. The number of benzene rings is 1. The molecule has 0 unspecified atom stereocenters. The molecule has 1 aromatic rings. The van der Waals surface area contributed by atoms with Crippen molar-refractivity contribution < 1.29 is 0 Å². The zero-order valence-electron chi connectivity index (χ0n) is 10.5. The lowest BCUT2D eigenvalue weighted by Crippen LogP contribution is -2.68. The van der Waals surface area contributed by atoms with Gasteiger partial charge in [-0.1, -0.05) is 30.3 Å².